The van der Waals surface area contributed by atoms with Gasteiger partial charge in [0, 0.05) is 28.7 Å². The molecule has 1 N–H and O–H groups in total. The van der Waals surface area contributed by atoms with E-state index in [1.807, 2.05) is 20.8 Å². The van der Waals surface area contributed by atoms with E-state index in [2.05, 4.69) is 5.32 Å². The molecule has 0 aliphatic heterocycles. The Kier molecular flexibility index (Phi) is 11.2. The number of anilines is 1. The summed E-state index contributed by atoms with van der Waals surface area (Å²) in [5, 5.41) is 3.48. The molecule has 0 bridgehead atoms. The number of nitrogens with one attached hydrogen (secondary N) is 1. The molecule has 220 valence electrons. The van der Waals surface area contributed by atoms with Crippen LogP contribution in [0.1, 0.15) is 38.3 Å². The molecule has 0 fully saturated rings. The Balaban J connectivity index is 2.08. The van der Waals surface area contributed by atoms with E-state index >= 15 is 0 Å². The van der Waals surface area contributed by atoms with E-state index in [1.165, 1.54) is 4.90 Å². The average molecular weight is 623 g/mol. The summed E-state index contributed by atoms with van der Waals surface area (Å²) in [5.74, 6) is -1.43. The van der Waals surface area contributed by atoms with Crippen LogP contribution in [-0.4, -0.2) is 44.3 Å². The van der Waals surface area contributed by atoms with Gasteiger partial charge < -0.3 is 10.2 Å². The van der Waals surface area contributed by atoms with Crippen molar-refractivity contribution in [1.82, 2.24) is 10.2 Å². The van der Waals surface area contributed by atoms with Gasteiger partial charge in [-0.25, -0.2) is 12.8 Å². The SMILES string of the molecule is CC[C@@H](C(=O)NCC(C)C)N(Cc1c(Cl)cccc1Cl)C(=O)CN(c1ccc(C)cc1)S(=O)(=O)c1ccc(F)cc1. The van der Waals surface area contributed by atoms with Gasteiger partial charge in [-0.2, -0.15) is 0 Å². The lowest BCUT2D eigenvalue weighted by Gasteiger charge is -2.33. The van der Waals surface area contributed by atoms with Crippen LogP contribution in [0.15, 0.2) is 71.6 Å². The quantitative estimate of drug-likeness (QED) is 0.260. The van der Waals surface area contributed by atoms with Crippen LogP contribution < -0.4 is 9.62 Å². The molecule has 0 saturated carbocycles. The second kappa shape index (κ2) is 14.2. The van der Waals surface area contributed by atoms with Crippen LogP contribution in [-0.2, 0) is 26.2 Å². The van der Waals surface area contributed by atoms with Gasteiger partial charge in [0.2, 0.25) is 11.8 Å². The second-order valence-corrected chi connectivity index (χ2v) is 12.8. The Labute approximate surface area is 251 Å². The molecule has 3 aromatic carbocycles. The molecule has 0 aliphatic rings. The number of hydrogen-bond donors (Lipinski definition) is 1. The van der Waals surface area contributed by atoms with Gasteiger partial charge in [0.25, 0.3) is 10.0 Å². The standard InChI is InChI=1S/C30H34Cl2FN3O4S/c1-5-28(30(38)34-17-20(2)3)35(18-25-26(31)7-6-8-27(25)32)29(37)19-36(23-13-9-21(4)10-14-23)41(39,40)24-15-11-22(33)12-16-24/h6-16,20,28H,5,17-19H2,1-4H3,(H,34,38)/t28-/m0/s1. The van der Waals surface area contributed by atoms with Crippen molar-refractivity contribution in [1.29, 1.82) is 0 Å². The minimum Gasteiger partial charge on any atom is -0.354 e. The zero-order valence-electron chi connectivity index (χ0n) is 23.4. The highest BCUT2D eigenvalue weighted by Gasteiger charge is 2.34. The largest absolute Gasteiger partial charge is 0.354 e. The lowest BCUT2D eigenvalue weighted by atomic mass is 10.1. The molecule has 0 saturated heterocycles. The number of rotatable bonds is 12. The van der Waals surface area contributed by atoms with Crippen LogP contribution in [0.5, 0.6) is 0 Å². The van der Waals surface area contributed by atoms with Gasteiger partial charge >= 0.3 is 0 Å². The molecule has 11 heteroatoms. The molecule has 3 rings (SSSR count). The third-order valence-electron chi connectivity index (χ3n) is 6.46. The van der Waals surface area contributed by atoms with Crippen LogP contribution >= 0.6 is 23.2 Å². The number of carbonyl (C=O) groups excluding carboxylic acids is 2. The normalized spacial score (nSPS) is 12.2. The van der Waals surface area contributed by atoms with Crippen LogP contribution in [0.3, 0.4) is 0 Å². The zero-order valence-corrected chi connectivity index (χ0v) is 25.7. The predicted molar refractivity (Wildman–Crippen MR) is 161 cm³/mol. The van der Waals surface area contributed by atoms with E-state index in [9.17, 15) is 22.4 Å². The Morgan fingerprint density at radius 1 is 0.951 bits per heavy atom. The minimum atomic E-state index is -4.31. The molecule has 0 unspecified atom stereocenters. The number of halogens is 3. The number of nitrogens with zero attached hydrogens (tertiary/aromatic N) is 2. The summed E-state index contributed by atoms with van der Waals surface area (Å²) >= 11 is 12.9. The fourth-order valence-electron chi connectivity index (χ4n) is 4.17. The van der Waals surface area contributed by atoms with E-state index in [1.54, 1.807) is 49.4 Å². The Hall–Kier alpha value is -3.14. The van der Waals surface area contributed by atoms with Crippen LogP contribution in [0.25, 0.3) is 0 Å². The number of aryl methyl sites for hydroxylation is 1. The number of sulfonamides is 1. The maximum Gasteiger partial charge on any atom is 0.264 e. The molecule has 1 atom stereocenters. The third kappa shape index (κ3) is 8.21. The summed E-state index contributed by atoms with van der Waals surface area (Å²) in [5.41, 5.74) is 1.56. The first kappa shape index (κ1) is 32.4. The number of benzene rings is 3. The van der Waals surface area contributed by atoms with Crippen molar-refractivity contribution in [3.63, 3.8) is 0 Å². The first-order valence-corrected chi connectivity index (χ1v) is 15.4. The molecule has 3 aromatic rings. The maximum absolute atomic E-state index is 14.1. The highest BCUT2D eigenvalue weighted by atomic mass is 35.5. The molecule has 0 spiro atoms. The van der Waals surface area contributed by atoms with Gasteiger partial charge in [0.1, 0.15) is 18.4 Å². The highest BCUT2D eigenvalue weighted by Crippen LogP contribution is 2.29. The van der Waals surface area contributed by atoms with Gasteiger partial charge in [-0.1, -0.05) is 67.7 Å². The molecular formula is C30H34Cl2FN3O4S. The summed E-state index contributed by atoms with van der Waals surface area (Å²) in [6.45, 7) is 7.17. The number of hydrogen-bond acceptors (Lipinski definition) is 4. The summed E-state index contributed by atoms with van der Waals surface area (Å²) < 4.78 is 42.2. The van der Waals surface area contributed by atoms with Crippen molar-refractivity contribution >= 4 is 50.7 Å². The molecule has 7 nitrogen and oxygen atoms in total. The lowest BCUT2D eigenvalue weighted by Crippen LogP contribution is -2.52. The average Bonchev–Trinajstić information content (AvgIpc) is 2.92. The fourth-order valence-corrected chi connectivity index (χ4v) is 6.10. The Morgan fingerprint density at radius 2 is 1.54 bits per heavy atom. The highest BCUT2D eigenvalue weighted by molar-refractivity contribution is 7.92. The van der Waals surface area contributed by atoms with E-state index < -0.39 is 34.3 Å². The van der Waals surface area contributed by atoms with E-state index in [4.69, 9.17) is 23.2 Å². The third-order valence-corrected chi connectivity index (χ3v) is 8.96. The van der Waals surface area contributed by atoms with E-state index in [-0.39, 0.29) is 35.4 Å². The zero-order chi connectivity index (χ0) is 30.3. The smallest absolute Gasteiger partial charge is 0.264 e. The molecule has 41 heavy (non-hydrogen) atoms. The molecule has 0 aliphatic carbocycles. The van der Waals surface area contributed by atoms with Gasteiger partial charge in [-0.3, -0.25) is 13.9 Å². The van der Waals surface area contributed by atoms with Crippen molar-refractivity contribution in [3.05, 3.63) is 93.7 Å². The van der Waals surface area contributed by atoms with Crippen LogP contribution in [0.2, 0.25) is 10.0 Å². The number of carbonyl (C=O) groups is 2. The van der Waals surface area contributed by atoms with Crippen molar-refractivity contribution in [2.24, 2.45) is 5.92 Å². The fraction of sp³-hybridized carbons (Fsp3) is 0.333. The Morgan fingerprint density at radius 3 is 2.07 bits per heavy atom. The van der Waals surface area contributed by atoms with E-state index in [0.717, 1.165) is 34.1 Å². The van der Waals surface area contributed by atoms with Gasteiger partial charge in [-0.15, -0.1) is 0 Å². The summed E-state index contributed by atoms with van der Waals surface area (Å²) in [7, 11) is -4.31. The number of amides is 2. The monoisotopic (exact) mass is 621 g/mol. The minimum absolute atomic E-state index is 0.122. The molecule has 0 aromatic heterocycles. The predicted octanol–water partition coefficient (Wildman–Crippen LogP) is 6.22. The molecule has 0 radical (unpaired) electrons. The maximum atomic E-state index is 14.1. The summed E-state index contributed by atoms with van der Waals surface area (Å²) in [6, 6.07) is 15.0. The molecular weight excluding hydrogens is 588 g/mol. The van der Waals surface area contributed by atoms with Crippen LogP contribution in [0, 0.1) is 18.7 Å². The Bertz CT molecular complexity index is 1450. The first-order valence-electron chi connectivity index (χ1n) is 13.2. The van der Waals surface area contributed by atoms with Crippen molar-refractivity contribution in [3.8, 4) is 0 Å². The van der Waals surface area contributed by atoms with Crippen molar-refractivity contribution in [2.45, 2.75) is 51.6 Å². The topological polar surface area (TPSA) is 86.8 Å². The van der Waals surface area contributed by atoms with Gasteiger partial charge in [0.05, 0.1) is 10.6 Å². The second-order valence-electron chi connectivity index (χ2n) is 10.1. The van der Waals surface area contributed by atoms with Gasteiger partial charge in [0.15, 0.2) is 0 Å². The molecule has 2 amide bonds. The molecule has 0 heterocycles. The first-order chi connectivity index (χ1) is 19.3. The van der Waals surface area contributed by atoms with Crippen molar-refractivity contribution < 1.29 is 22.4 Å². The van der Waals surface area contributed by atoms with Crippen molar-refractivity contribution in [2.75, 3.05) is 17.4 Å². The summed E-state index contributed by atoms with van der Waals surface area (Å²) in [6.07, 6.45) is 0.257. The summed E-state index contributed by atoms with van der Waals surface area (Å²) in [4.78, 5) is 28.5. The van der Waals surface area contributed by atoms with E-state index in [0.29, 0.717) is 22.2 Å². The lowest BCUT2D eigenvalue weighted by molar-refractivity contribution is -0.140. The van der Waals surface area contributed by atoms with Crippen LogP contribution in [0.4, 0.5) is 10.1 Å². The van der Waals surface area contributed by atoms with Gasteiger partial charge in [-0.05, 0) is 67.8 Å².